The third-order valence-corrected chi connectivity index (χ3v) is 5.60. The fourth-order valence-electron chi connectivity index (χ4n) is 4.35. The molecule has 3 nitrogen and oxygen atoms in total. The number of benzene rings is 1. The van der Waals surface area contributed by atoms with Crippen LogP contribution >= 0.6 is 0 Å². The van der Waals surface area contributed by atoms with Gasteiger partial charge in [-0.1, -0.05) is 36.8 Å². The highest BCUT2D eigenvalue weighted by Gasteiger charge is 2.34. The van der Waals surface area contributed by atoms with E-state index in [9.17, 15) is 4.79 Å². The van der Waals surface area contributed by atoms with E-state index in [1.54, 1.807) is 6.08 Å². The highest BCUT2D eigenvalue weighted by molar-refractivity contribution is 6.01. The van der Waals surface area contributed by atoms with Gasteiger partial charge in [0, 0.05) is 29.9 Å². The van der Waals surface area contributed by atoms with Crippen LogP contribution < -0.4 is 0 Å². The number of amides is 1. The average Bonchev–Trinajstić information content (AvgIpc) is 2.73. The van der Waals surface area contributed by atoms with Gasteiger partial charge in [0.15, 0.2) is 0 Å². The van der Waals surface area contributed by atoms with Crippen LogP contribution in [0.5, 0.6) is 0 Å². The number of carbonyl (C=O) groups is 1. The van der Waals surface area contributed by atoms with Crippen molar-refractivity contribution in [3.05, 3.63) is 47.5 Å². The van der Waals surface area contributed by atoms with Gasteiger partial charge in [-0.2, -0.15) is 0 Å². The van der Waals surface area contributed by atoms with Crippen LogP contribution in [0.25, 0.3) is 11.8 Å². The minimum Gasteiger partial charge on any atom is -0.308 e. The van der Waals surface area contributed by atoms with Gasteiger partial charge in [0.1, 0.15) is 0 Å². The molecule has 120 valence electrons. The van der Waals surface area contributed by atoms with Crippen molar-refractivity contribution in [2.45, 2.75) is 31.7 Å². The highest BCUT2D eigenvalue weighted by Crippen LogP contribution is 2.36. The van der Waals surface area contributed by atoms with Crippen LogP contribution in [0.3, 0.4) is 0 Å². The monoisotopic (exact) mass is 308 g/mol. The van der Waals surface area contributed by atoms with E-state index < -0.39 is 0 Å². The molecule has 1 amide bonds. The van der Waals surface area contributed by atoms with Crippen LogP contribution in [0, 0.1) is 5.92 Å². The molecule has 3 aliphatic rings. The molecule has 4 rings (SSSR count). The molecule has 1 saturated heterocycles. The fourth-order valence-corrected chi connectivity index (χ4v) is 4.35. The maximum absolute atomic E-state index is 12.6. The summed E-state index contributed by atoms with van der Waals surface area (Å²) in [5.74, 6) is 0.669. The SMILES string of the molecule is CN1CCCCC1C1CC=C2c3ccccc3C=CC(=O)N2C1. The van der Waals surface area contributed by atoms with Gasteiger partial charge in [-0.3, -0.25) is 4.79 Å². The van der Waals surface area contributed by atoms with E-state index in [4.69, 9.17) is 0 Å². The van der Waals surface area contributed by atoms with Gasteiger partial charge in [0.25, 0.3) is 5.91 Å². The second-order valence-electron chi connectivity index (χ2n) is 7.00. The lowest BCUT2D eigenvalue weighted by molar-refractivity contribution is -0.123. The molecule has 0 N–H and O–H groups in total. The van der Waals surface area contributed by atoms with Crippen molar-refractivity contribution in [1.29, 1.82) is 0 Å². The minimum absolute atomic E-state index is 0.121. The maximum atomic E-state index is 12.6. The molecule has 0 aliphatic carbocycles. The van der Waals surface area contributed by atoms with Gasteiger partial charge in [-0.15, -0.1) is 0 Å². The Morgan fingerprint density at radius 1 is 1.13 bits per heavy atom. The van der Waals surface area contributed by atoms with Crippen LogP contribution in [0.2, 0.25) is 0 Å². The molecule has 0 spiro atoms. The molecule has 0 radical (unpaired) electrons. The first-order valence-electron chi connectivity index (χ1n) is 8.73. The predicted molar refractivity (Wildman–Crippen MR) is 93.5 cm³/mol. The summed E-state index contributed by atoms with van der Waals surface area (Å²) in [7, 11) is 2.24. The van der Waals surface area contributed by atoms with E-state index in [2.05, 4.69) is 36.2 Å². The Bertz CT molecular complexity index is 676. The fraction of sp³-hybridized carbons (Fsp3) is 0.450. The summed E-state index contributed by atoms with van der Waals surface area (Å²) in [6.45, 7) is 2.03. The third kappa shape index (κ3) is 2.63. The van der Waals surface area contributed by atoms with Gasteiger partial charge < -0.3 is 9.80 Å². The molecule has 0 aromatic heterocycles. The molecule has 1 aromatic carbocycles. The molecule has 1 fully saturated rings. The van der Waals surface area contributed by atoms with E-state index in [0.717, 1.165) is 24.2 Å². The number of hydrogen-bond acceptors (Lipinski definition) is 2. The smallest absolute Gasteiger partial charge is 0.251 e. The molecule has 0 saturated carbocycles. The van der Waals surface area contributed by atoms with Crippen LogP contribution in [0.15, 0.2) is 36.4 Å². The number of piperidine rings is 1. The molecule has 1 aromatic rings. The van der Waals surface area contributed by atoms with Crippen molar-refractivity contribution < 1.29 is 4.79 Å². The number of carbonyl (C=O) groups excluding carboxylic acids is 1. The predicted octanol–water partition coefficient (Wildman–Crippen LogP) is 3.39. The highest BCUT2D eigenvalue weighted by atomic mass is 16.2. The second-order valence-corrected chi connectivity index (χ2v) is 7.00. The first-order chi connectivity index (χ1) is 11.2. The number of hydrogen-bond donors (Lipinski definition) is 0. The Kier molecular flexibility index (Phi) is 3.82. The van der Waals surface area contributed by atoms with Crippen LogP contribution in [0.1, 0.15) is 36.8 Å². The third-order valence-electron chi connectivity index (χ3n) is 5.60. The lowest BCUT2D eigenvalue weighted by Crippen LogP contribution is -2.47. The van der Waals surface area contributed by atoms with Crippen molar-refractivity contribution in [2.24, 2.45) is 5.92 Å². The Hall–Kier alpha value is -1.87. The number of nitrogens with zero attached hydrogens (tertiary/aromatic N) is 2. The van der Waals surface area contributed by atoms with Crippen molar-refractivity contribution >= 4 is 17.7 Å². The van der Waals surface area contributed by atoms with Crippen LogP contribution in [-0.4, -0.2) is 41.9 Å². The van der Waals surface area contributed by atoms with Gasteiger partial charge in [-0.25, -0.2) is 0 Å². The normalized spacial score (nSPS) is 28.0. The Labute approximate surface area is 138 Å². The molecule has 2 unspecified atom stereocenters. The summed E-state index contributed by atoms with van der Waals surface area (Å²) in [6, 6.07) is 8.92. The average molecular weight is 308 g/mol. The van der Waals surface area contributed by atoms with Crippen molar-refractivity contribution in [2.75, 3.05) is 20.1 Å². The Balaban J connectivity index is 1.66. The van der Waals surface area contributed by atoms with Gasteiger partial charge in [-0.05, 0) is 50.4 Å². The topological polar surface area (TPSA) is 23.6 Å². The Morgan fingerprint density at radius 2 is 2.00 bits per heavy atom. The number of likely N-dealkylation sites (tertiary alicyclic amines) is 1. The summed E-state index contributed by atoms with van der Waals surface area (Å²) in [4.78, 5) is 17.1. The zero-order valence-corrected chi connectivity index (χ0v) is 13.7. The maximum Gasteiger partial charge on any atom is 0.251 e. The number of allylic oxidation sites excluding steroid dienone is 1. The molecule has 2 atom stereocenters. The summed E-state index contributed by atoms with van der Waals surface area (Å²) >= 11 is 0. The van der Waals surface area contributed by atoms with E-state index in [0.29, 0.717) is 12.0 Å². The van der Waals surface area contributed by atoms with Crippen LogP contribution in [0.4, 0.5) is 0 Å². The largest absolute Gasteiger partial charge is 0.308 e. The lowest BCUT2D eigenvalue weighted by Gasteiger charge is -2.42. The first-order valence-corrected chi connectivity index (χ1v) is 8.73. The Morgan fingerprint density at radius 3 is 2.87 bits per heavy atom. The zero-order chi connectivity index (χ0) is 15.8. The quantitative estimate of drug-likeness (QED) is 0.794. The molecule has 3 heteroatoms. The van der Waals surface area contributed by atoms with Crippen molar-refractivity contribution in [3.8, 4) is 0 Å². The van der Waals surface area contributed by atoms with E-state index >= 15 is 0 Å². The number of fused-ring (bicyclic) bond motifs is 3. The molecule has 0 bridgehead atoms. The standard InChI is InChI=1S/C20H24N2O/c1-21-13-5-4-8-18(21)16-9-11-19-17-7-3-2-6-15(17)10-12-20(23)22(19)14-16/h2-3,6-7,10-12,16,18H,4-5,8-9,13-14H2,1H3. The molecule has 3 aliphatic heterocycles. The summed E-state index contributed by atoms with van der Waals surface area (Å²) in [5, 5.41) is 0. The van der Waals surface area contributed by atoms with E-state index in [1.165, 1.54) is 31.4 Å². The van der Waals surface area contributed by atoms with Crippen molar-refractivity contribution in [1.82, 2.24) is 9.80 Å². The zero-order valence-electron chi connectivity index (χ0n) is 13.7. The molecular weight excluding hydrogens is 284 g/mol. The summed E-state index contributed by atoms with van der Waals surface area (Å²) in [5.41, 5.74) is 3.43. The summed E-state index contributed by atoms with van der Waals surface area (Å²) in [6.07, 6.45) is 10.9. The second kappa shape index (κ2) is 5.97. The summed E-state index contributed by atoms with van der Waals surface area (Å²) < 4.78 is 0. The molecular formula is C20H24N2O. The first kappa shape index (κ1) is 14.7. The molecule has 23 heavy (non-hydrogen) atoms. The molecule has 3 heterocycles. The van der Waals surface area contributed by atoms with E-state index in [1.807, 2.05) is 17.0 Å². The van der Waals surface area contributed by atoms with E-state index in [-0.39, 0.29) is 5.91 Å². The number of rotatable bonds is 1. The lowest BCUT2D eigenvalue weighted by atomic mass is 9.85. The van der Waals surface area contributed by atoms with Gasteiger partial charge in [0.05, 0.1) is 0 Å². The van der Waals surface area contributed by atoms with Crippen LogP contribution in [-0.2, 0) is 4.79 Å². The van der Waals surface area contributed by atoms with Crippen molar-refractivity contribution in [3.63, 3.8) is 0 Å². The van der Waals surface area contributed by atoms with Gasteiger partial charge in [0.2, 0.25) is 0 Å². The minimum atomic E-state index is 0.121. The van der Waals surface area contributed by atoms with Gasteiger partial charge >= 0.3 is 0 Å².